The Morgan fingerprint density at radius 3 is 2.35 bits per heavy atom. The van der Waals surface area contributed by atoms with E-state index in [4.69, 9.17) is 0 Å². The standard InChI is InChI=1S/C16H25FN2O3S/c1-5-16(2,3)18-15(20)7-6-12-19(4)23(21,22)14-10-8-13(17)9-11-14/h8-11H,5-7,12H2,1-4H3,(H,18,20). The molecule has 1 rings (SSSR count). The molecule has 7 heteroatoms. The normalized spacial score (nSPS) is 12.4. The largest absolute Gasteiger partial charge is 0.351 e. The van der Waals surface area contributed by atoms with Crippen molar-refractivity contribution in [2.24, 2.45) is 0 Å². The number of sulfonamides is 1. The summed E-state index contributed by atoms with van der Waals surface area (Å²) in [6.45, 7) is 6.09. The van der Waals surface area contributed by atoms with Crippen molar-refractivity contribution in [1.82, 2.24) is 9.62 Å². The van der Waals surface area contributed by atoms with E-state index in [1.54, 1.807) is 0 Å². The van der Waals surface area contributed by atoms with E-state index >= 15 is 0 Å². The Balaban J connectivity index is 2.54. The first kappa shape index (κ1) is 19.6. The highest BCUT2D eigenvalue weighted by Gasteiger charge is 2.21. The van der Waals surface area contributed by atoms with Crippen LogP contribution in [-0.2, 0) is 14.8 Å². The molecule has 1 aromatic rings. The first-order valence-electron chi connectivity index (χ1n) is 7.61. The number of carbonyl (C=O) groups excluding carboxylic acids is 1. The Morgan fingerprint density at radius 2 is 1.83 bits per heavy atom. The Kier molecular flexibility index (Phi) is 6.70. The van der Waals surface area contributed by atoms with Gasteiger partial charge in [0.25, 0.3) is 0 Å². The van der Waals surface area contributed by atoms with Crippen LogP contribution in [0.2, 0.25) is 0 Å². The summed E-state index contributed by atoms with van der Waals surface area (Å²) in [6, 6.07) is 4.69. The van der Waals surface area contributed by atoms with Gasteiger partial charge in [0.15, 0.2) is 0 Å². The van der Waals surface area contributed by atoms with Gasteiger partial charge in [-0.1, -0.05) is 6.92 Å². The van der Waals surface area contributed by atoms with Gasteiger partial charge in [-0.15, -0.1) is 0 Å². The van der Waals surface area contributed by atoms with Crippen molar-refractivity contribution >= 4 is 15.9 Å². The summed E-state index contributed by atoms with van der Waals surface area (Å²) in [4.78, 5) is 11.9. The fraction of sp³-hybridized carbons (Fsp3) is 0.562. The maximum Gasteiger partial charge on any atom is 0.242 e. The van der Waals surface area contributed by atoms with E-state index in [1.165, 1.54) is 23.5 Å². The summed E-state index contributed by atoms with van der Waals surface area (Å²) in [5.74, 6) is -0.578. The zero-order valence-corrected chi connectivity index (χ0v) is 14.9. The third-order valence-corrected chi connectivity index (χ3v) is 5.63. The van der Waals surface area contributed by atoms with E-state index in [1.807, 2.05) is 20.8 Å². The highest BCUT2D eigenvalue weighted by Crippen LogP contribution is 2.15. The van der Waals surface area contributed by atoms with Crippen LogP contribution in [0.15, 0.2) is 29.2 Å². The molecule has 0 aliphatic carbocycles. The maximum absolute atomic E-state index is 12.9. The molecule has 5 nitrogen and oxygen atoms in total. The van der Waals surface area contributed by atoms with Crippen molar-refractivity contribution in [1.29, 1.82) is 0 Å². The minimum atomic E-state index is -3.66. The minimum Gasteiger partial charge on any atom is -0.351 e. The molecule has 0 aromatic heterocycles. The van der Waals surface area contributed by atoms with Crippen LogP contribution in [0.5, 0.6) is 0 Å². The second-order valence-corrected chi connectivity index (χ2v) is 8.21. The lowest BCUT2D eigenvalue weighted by Gasteiger charge is -2.24. The Hall–Kier alpha value is -1.47. The average Bonchev–Trinajstić information content (AvgIpc) is 2.47. The Morgan fingerprint density at radius 1 is 1.26 bits per heavy atom. The lowest BCUT2D eigenvalue weighted by Crippen LogP contribution is -2.42. The van der Waals surface area contributed by atoms with E-state index in [-0.39, 0.29) is 29.3 Å². The molecule has 1 aromatic carbocycles. The fourth-order valence-corrected chi connectivity index (χ4v) is 3.11. The molecular formula is C16H25FN2O3S. The highest BCUT2D eigenvalue weighted by atomic mass is 32.2. The highest BCUT2D eigenvalue weighted by molar-refractivity contribution is 7.89. The third kappa shape index (κ3) is 5.91. The number of nitrogens with zero attached hydrogens (tertiary/aromatic N) is 1. The Bertz CT molecular complexity index is 627. The fourth-order valence-electron chi connectivity index (χ4n) is 1.90. The van der Waals surface area contributed by atoms with Crippen LogP contribution in [-0.4, -0.2) is 37.8 Å². The number of amides is 1. The van der Waals surface area contributed by atoms with Crippen molar-refractivity contribution in [3.05, 3.63) is 30.1 Å². The molecule has 0 heterocycles. The topological polar surface area (TPSA) is 66.5 Å². The van der Waals surface area contributed by atoms with Crippen LogP contribution in [0.3, 0.4) is 0 Å². The van der Waals surface area contributed by atoms with Crippen LogP contribution in [0.1, 0.15) is 40.0 Å². The molecule has 0 unspecified atom stereocenters. The van der Waals surface area contributed by atoms with Crippen molar-refractivity contribution in [3.63, 3.8) is 0 Å². The molecule has 130 valence electrons. The van der Waals surface area contributed by atoms with Gasteiger partial charge in [0.1, 0.15) is 5.82 Å². The van der Waals surface area contributed by atoms with E-state index in [0.29, 0.717) is 6.42 Å². The van der Waals surface area contributed by atoms with Gasteiger partial charge in [-0.25, -0.2) is 17.1 Å². The maximum atomic E-state index is 12.9. The van der Waals surface area contributed by atoms with Crippen molar-refractivity contribution < 1.29 is 17.6 Å². The number of benzene rings is 1. The van der Waals surface area contributed by atoms with Gasteiger partial charge >= 0.3 is 0 Å². The molecule has 0 aliphatic rings. The summed E-state index contributed by atoms with van der Waals surface area (Å²) in [6.07, 6.45) is 1.49. The van der Waals surface area contributed by atoms with Gasteiger partial charge in [0, 0.05) is 25.6 Å². The number of carbonyl (C=O) groups is 1. The van der Waals surface area contributed by atoms with E-state index in [2.05, 4.69) is 5.32 Å². The summed E-state index contributed by atoms with van der Waals surface area (Å²) in [7, 11) is -2.21. The van der Waals surface area contributed by atoms with Gasteiger partial charge in [0.2, 0.25) is 15.9 Å². The zero-order valence-electron chi connectivity index (χ0n) is 14.1. The van der Waals surface area contributed by atoms with Gasteiger partial charge in [-0.2, -0.15) is 0 Å². The van der Waals surface area contributed by atoms with Gasteiger partial charge in [-0.3, -0.25) is 4.79 Å². The molecule has 23 heavy (non-hydrogen) atoms. The van der Waals surface area contributed by atoms with Crippen LogP contribution in [0.25, 0.3) is 0 Å². The summed E-state index contributed by atoms with van der Waals surface area (Å²) in [5.41, 5.74) is -0.261. The number of rotatable bonds is 8. The molecule has 0 aliphatic heterocycles. The molecule has 0 spiro atoms. The van der Waals surface area contributed by atoms with E-state index in [0.717, 1.165) is 18.6 Å². The molecule has 1 N–H and O–H groups in total. The smallest absolute Gasteiger partial charge is 0.242 e. The summed E-state index contributed by atoms with van der Waals surface area (Å²) in [5, 5.41) is 2.91. The molecular weight excluding hydrogens is 319 g/mol. The first-order chi connectivity index (χ1) is 10.6. The third-order valence-electron chi connectivity index (χ3n) is 3.76. The molecule has 0 saturated heterocycles. The molecule has 0 fully saturated rings. The number of hydrogen-bond donors (Lipinski definition) is 1. The van der Waals surface area contributed by atoms with Crippen LogP contribution >= 0.6 is 0 Å². The van der Waals surface area contributed by atoms with Crippen LogP contribution in [0, 0.1) is 5.82 Å². The number of hydrogen-bond acceptors (Lipinski definition) is 3. The Labute approximate surface area is 137 Å². The predicted octanol–water partition coefficient (Wildman–Crippen LogP) is 2.53. The number of nitrogens with one attached hydrogen (secondary N) is 1. The molecule has 0 atom stereocenters. The van der Waals surface area contributed by atoms with Crippen molar-refractivity contribution in [2.75, 3.05) is 13.6 Å². The molecule has 1 amide bonds. The van der Waals surface area contributed by atoms with Gasteiger partial charge in [0.05, 0.1) is 4.90 Å². The average molecular weight is 344 g/mol. The molecule has 0 radical (unpaired) electrons. The lowest BCUT2D eigenvalue weighted by molar-refractivity contribution is -0.122. The van der Waals surface area contributed by atoms with Gasteiger partial charge < -0.3 is 5.32 Å². The summed E-state index contributed by atoms with van der Waals surface area (Å²) < 4.78 is 38.7. The SMILES string of the molecule is CCC(C)(C)NC(=O)CCCN(C)S(=O)(=O)c1ccc(F)cc1. The molecule has 0 saturated carbocycles. The first-order valence-corrected chi connectivity index (χ1v) is 9.05. The minimum absolute atomic E-state index is 0.0398. The second kappa shape index (κ2) is 7.88. The van der Waals surface area contributed by atoms with Gasteiger partial charge in [-0.05, 0) is 51.0 Å². The second-order valence-electron chi connectivity index (χ2n) is 6.17. The van der Waals surface area contributed by atoms with Crippen LogP contribution in [0.4, 0.5) is 4.39 Å². The van der Waals surface area contributed by atoms with Crippen molar-refractivity contribution in [3.8, 4) is 0 Å². The predicted molar refractivity (Wildman–Crippen MR) is 88.0 cm³/mol. The quantitative estimate of drug-likeness (QED) is 0.788. The lowest BCUT2D eigenvalue weighted by atomic mass is 10.0. The van der Waals surface area contributed by atoms with E-state index < -0.39 is 15.8 Å². The monoisotopic (exact) mass is 344 g/mol. The number of halogens is 1. The molecule has 0 bridgehead atoms. The van der Waals surface area contributed by atoms with Crippen LogP contribution < -0.4 is 5.32 Å². The van der Waals surface area contributed by atoms with Crippen molar-refractivity contribution in [2.45, 2.75) is 50.5 Å². The summed E-state index contributed by atoms with van der Waals surface area (Å²) >= 11 is 0. The zero-order chi connectivity index (χ0) is 17.7. The van der Waals surface area contributed by atoms with E-state index in [9.17, 15) is 17.6 Å².